The maximum absolute atomic E-state index is 11.2. The molecule has 0 radical (unpaired) electrons. The SMILES string of the molecule is C=C=C1C=C2C(O)CC3C(CC[C@]4(C)C(C)CCC34)C3C[C@]23CC1. The zero-order chi connectivity index (χ0) is 16.7. The van der Waals surface area contributed by atoms with Gasteiger partial charge < -0.3 is 5.11 Å². The molecule has 6 unspecified atom stereocenters. The second-order valence-corrected chi connectivity index (χ2v) is 9.98. The van der Waals surface area contributed by atoms with E-state index in [4.69, 9.17) is 0 Å². The van der Waals surface area contributed by atoms with Crippen molar-refractivity contribution in [1.82, 2.24) is 0 Å². The van der Waals surface area contributed by atoms with Crippen molar-refractivity contribution in [2.75, 3.05) is 0 Å². The Balaban J connectivity index is 1.54. The van der Waals surface area contributed by atoms with E-state index in [-0.39, 0.29) is 6.10 Å². The lowest BCUT2D eigenvalue weighted by Gasteiger charge is -2.48. The minimum Gasteiger partial charge on any atom is -0.389 e. The van der Waals surface area contributed by atoms with Crippen molar-refractivity contribution in [3.63, 3.8) is 0 Å². The smallest absolute Gasteiger partial charge is 0.0761 e. The molecular formula is C23H32O. The fraction of sp³-hybridized carbons (Fsp3) is 0.783. The quantitative estimate of drug-likeness (QED) is 0.602. The Morgan fingerprint density at radius 3 is 2.79 bits per heavy atom. The summed E-state index contributed by atoms with van der Waals surface area (Å²) in [5.74, 6) is 4.22. The van der Waals surface area contributed by atoms with Crippen molar-refractivity contribution in [3.8, 4) is 0 Å². The molecule has 0 aromatic rings. The van der Waals surface area contributed by atoms with Gasteiger partial charge in [0.25, 0.3) is 0 Å². The summed E-state index contributed by atoms with van der Waals surface area (Å²) in [4.78, 5) is 0. The van der Waals surface area contributed by atoms with Crippen molar-refractivity contribution >= 4 is 0 Å². The third-order valence-electron chi connectivity index (χ3n) is 9.44. The van der Waals surface area contributed by atoms with Crippen molar-refractivity contribution in [1.29, 1.82) is 0 Å². The summed E-state index contributed by atoms with van der Waals surface area (Å²) in [6.45, 7) is 8.90. The van der Waals surface area contributed by atoms with Gasteiger partial charge in [-0.2, -0.15) is 0 Å². The normalized spacial score (nSPS) is 55.3. The van der Waals surface area contributed by atoms with Crippen molar-refractivity contribution in [2.45, 2.75) is 71.3 Å². The molecule has 4 fully saturated rings. The lowest BCUT2D eigenvalue weighted by molar-refractivity contribution is -0.00749. The molecule has 0 bridgehead atoms. The summed E-state index contributed by atoms with van der Waals surface area (Å²) in [5.41, 5.74) is 6.60. The Labute approximate surface area is 146 Å². The first-order valence-electron chi connectivity index (χ1n) is 10.3. The molecule has 5 aliphatic carbocycles. The van der Waals surface area contributed by atoms with E-state index in [1.54, 1.807) is 0 Å². The van der Waals surface area contributed by atoms with Gasteiger partial charge in [-0.15, -0.1) is 5.73 Å². The van der Waals surface area contributed by atoms with E-state index in [2.05, 4.69) is 32.2 Å². The molecule has 1 heteroatoms. The molecule has 0 amide bonds. The van der Waals surface area contributed by atoms with Crippen LogP contribution in [0.4, 0.5) is 0 Å². The standard InChI is InChI=1S/C23H32O/c1-4-15-7-10-23-13-20(23)16-8-9-22(3)14(2)5-6-18(22)17(16)12-21(24)19(23)11-15/h11,14,16-18,20-21,24H,1,5-10,12-13H2,2-3H3/t14?,16?,17?,18?,20?,21?,22-,23-/m1/s1. The second kappa shape index (κ2) is 4.89. The maximum Gasteiger partial charge on any atom is 0.0761 e. The van der Waals surface area contributed by atoms with Gasteiger partial charge >= 0.3 is 0 Å². The molecule has 130 valence electrons. The lowest BCUT2D eigenvalue weighted by Crippen LogP contribution is -2.42. The molecule has 0 aromatic heterocycles. The Bertz CT molecular complexity index is 653. The van der Waals surface area contributed by atoms with Crippen LogP contribution in [0, 0.1) is 40.4 Å². The number of hydrogen-bond donors (Lipinski definition) is 1. The minimum atomic E-state index is -0.216. The van der Waals surface area contributed by atoms with Crippen LogP contribution in [-0.4, -0.2) is 11.2 Å². The molecule has 1 N–H and O–H groups in total. The molecule has 8 atom stereocenters. The molecule has 1 nitrogen and oxygen atoms in total. The van der Waals surface area contributed by atoms with Gasteiger partial charge in [0.2, 0.25) is 0 Å². The predicted octanol–water partition coefficient (Wildman–Crippen LogP) is 5.27. The summed E-state index contributed by atoms with van der Waals surface area (Å²) in [7, 11) is 0. The first-order chi connectivity index (χ1) is 11.5. The molecule has 1 spiro atoms. The molecular weight excluding hydrogens is 292 g/mol. The highest BCUT2D eigenvalue weighted by Gasteiger charge is 2.66. The Morgan fingerprint density at radius 2 is 2.00 bits per heavy atom. The molecule has 0 saturated heterocycles. The van der Waals surface area contributed by atoms with Crippen LogP contribution >= 0.6 is 0 Å². The van der Waals surface area contributed by atoms with E-state index in [0.717, 1.165) is 42.4 Å². The van der Waals surface area contributed by atoms with Crippen molar-refractivity contribution < 1.29 is 5.11 Å². The van der Waals surface area contributed by atoms with Gasteiger partial charge in [0.1, 0.15) is 0 Å². The van der Waals surface area contributed by atoms with E-state index in [0.29, 0.717) is 10.8 Å². The average Bonchev–Trinajstić information content (AvgIpc) is 3.20. The van der Waals surface area contributed by atoms with Crippen LogP contribution in [0.5, 0.6) is 0 Å². The van der Waals surface area contributed by atoms with Crippen molar-refractivity contribution in [2.24, 2.45) is 40.4 Å². The molecule has 4 saturated carbocycles. The van der Waals surface area contributed by atoms with Crippen LogP contribution in [0.3, 0.4) is 0 Å². The van der Waals surface area contributed by atoms with Crippen LogP contribution in [-0.2, 0) is 0 Å². The summed E-state index contributed by atoms with van der Waals surface area (Å²) >= 11 is 0. The summed E-state index contributed by atoms with van der Waals surface area (Å²) in [6.07, 6.45) is 12.4. The minimum absolute atomic E-state index is 0.216. The zero-order valence-electron chi connectivity index (χ0n) is 15.4. The van der Waals surface area contributed by atoms with Crippen LogP contribution in [0.25, 0.3) is 0 Å². The number of allylic oxidation sites excluding steroid dienone is 2. The van der Waals surface area contributed by atoms with Crippen LogP contribution in [0.1, 0.15) is 65.2 Å². The zero-order valence-corrected chi connectivity index (χ0v) is 15.4. The monoisotopic (exact) mass is 324 g/mol. The van der Waals surface area contributed by atoms with Gasteiger partial charge in [0.05, 0.1) is 6.10 Å². The average molecular weight is 325 g/mol. The van der Waals surface area contributed by atoms with Gasteiger partial charge in [-0.25, -0.2) is 0 Å². The van der Waals surface area contributed by atoms with Gasteiger partial charge in [0, 0.05) is 0 Å². The predicted molar refractivity (Wildman–Crippen MR) is 97.3 cm³/mol. The first kappa shape index (κ1) is 15.5. The number of aliphatic hydroxyl groups is 1. The highest BCUT2D eigenvalue weighted by Crippen LogP contribution is 2.73. The van der Waals surface area contributed by atoms with Gasteiger partial charge in [-0.3, -0.25) is 0 Å². The van der Waals surface area contributed by atoms with E-state index in [1.807, 2.05) is 0 Å². The van der Waals surface area contributed by atoms with Crippen LogP contribution in [0.2, 0.25) is 0 Å². The number of rotatable bonds is 0. The third-order valence-corrected chi connectivity index (χ3v) is 9.44. The Hall–Kier alpha value is -0.780. The van der Waals surface area contributed by atoms with E-state index in [9.17, 15) is 5.11 Å². The third kappa shape index (κ3) is 1.81. The molecule has 5 aliphatic rings. The van der Waals surface area contributed by atoms with Gasteiger partial charge in [-0.05, 0) is 109 Å². The fourth-order valence-electron chi connectivity index (χ4n) is 7.79. The summed E-state index contributed by atoms with van der Waals surface area (Å²) < 4.78 is 0. The number of hydrogen-bond acceptors (Lipinski definition) is 1. The highest BCUT2D eigenvalue weighted by molar-refractivity contribution is 5.41. The fourth-order valence-corrected chi connectivity index (χ4v) is 7.79. The largest absolute Gasteiger partial charge is 0.389 e. The first-order valence-corrected chi connectivity index (χ1v) is 10.3. The molecule has 0 aromatic carbocycles. The van der Waals surface area contributed by atoms with Crippen LogP contribution < -0.4 is 0 Å². The molecule has 0 heterocycles. The topological polar surface area (TPSA) is 20.2 Å². The van der Waals surface area contributed by atoms with Gasteiger partial charge in [-0.1, -0.05) is 20.4 Å². The maximum atomic E-state index is 11.2. The van der Waals surface area contributed by atoms with Gasteiger partial charge in [0.15, 0.2) is 0 Å². The number of aliphatic hydroxyl groups excluding tert-OH is 1. The lowest BCUT2D eigenvalue weighted by atomic mass is 9.56. The van der Waals surface area contributed by atoms with E-state index in [1.165, 1.54) is 49.7 Å². The molecule has 0 aliphatic heterocycles. The summed E-state index contributed by atoms with van der Waals surface area (Å²) in [5, 5.41) is 11.2. The van der Waals surface area contributed by atoms with E-state index < -0.39 is 0 Å². The summed E-state index contributed by atoms with van der Waals surface area (Å²) in [6, 6.07) is 0. The Morgan fingerprint density at radius 1 is 1.17 bits per heavy atom. The van der Waals surface area contributed by atoms with Crippen molar-refractivity contribution in [3.05, 3.63) is 29.5 Å². The highest BCUT2D eigenvalue weighted by atomic mass is 16.3. The second-order valence-electron chi connectivity index (χ2n) is 9.98. The Kier molecular flexibility index (Phi) is 3.15. The van der Waals surface area contributed by atoms with E-state index >= 15 is 0 Å². The number of fused-ring (bicyclic) bond motifs is 4. The molecule has 24 heavy (non-hydrogen) atoms. The molecule has 5 rings (SSSR count). The van der Waals surface area contributed by atoms with Crippen LogP contribution in [0.15, 0.2) is 29.5 Å².